The van der Waals surface area contributed by atoms with Gasteiger partial charge in [0.2, 0.25) is 0 Å². The van der Waals surface area contributed by atoms with Crippen molar-refractivity contribution in [1.82, 2.24) is 15.2 Å². The van der Waals surface area contributed by atoms with Crippen LogP contribution in [0.2, 0.25) is 0 Å². The van der Waals surface area contributed by atoms with Gasteiger partial charge in [-0.25, -0.2) is 0 Å². The Hall–Kier alpha value is -0.930. The molecular formula is C13H21N3. The average molecular weight is 219 g/mol. The number of rotatable bonds is 4. The molecule has 0 saturated carbocycles. The van der Waals surface area contributed by atoms with E-state index in [0.717, 1.165) is 19.0 Å². The Morgan fingerprint density at radius 1 is 1.44 bits per heavy atom. The number of nitrogens with one attached hydrogen (secondary N) is 1. The summed E-state index contributed by atoms with van der Waals surface area (Å²) < 4.78 is 0. The molecule has 16 heavy (non-hydrogen) atoms. The number of pyridine rings is 1. The third kappa shape index (κ3) is 2.60. The van der Waals surface area contributed by atoms with Crippen molar-refractivity contribution in [3.63, 3.8) is 0 Å². The zero-order chi connectivity index (χ0) is 11.4. The first-order valence-corrected chi connectivity index (χ1v) is 6.09. The quantitative estimate of drug-likeness (QED) is 0.832. The molecule has 1 fully saturated rings. The monoisotopic (exact) mass is 219 g/mol. The Labute approximate surface area is 97.9 Å². The zero-order valence-corrected chi connectivity index (χ0v) is 10.2. The molecule has 3 heteroatoms. The molecule has 2 rings (SSSR count). The lowest BCUT2D eigenvalue weighted by molar-refractivity contribution is 0.232. The molecule has 88 valence electrons. The molecule has 2 unspecified atom stereocenters. The van der Waals surface area contributed by atoms with Crippen molar-refractivity contribution in [2.24, 2.45) is 5.92 Å². The van der Waals surface area contributed by atoms with Crippen molar-refractivity contribution in [2.45, 2.75) is 25.9 Å². The number of aromatic nitrogens is 1. The van der Waals surface area contributed by atoms with E-state index in [1.54, 1.807) is 0 Å². The fourth-order valence-electron chi connectivity index (χ4n) is 2.56. The first-order chi connectivity index (χ1) is 7.81. The summed E-state index contributed by atoms with van der Waals surface area (Å²) in [5.74, 6) is 0.798. The molecule has 0 aliphatic carbocycles. The Morgan fingerprint density at radius 2 is 2.19 bits per heavy atom. The minimum Gasteiger partial charge on any atom is -0.319 e. The van der Waals surface area contributed by atoms with Gasteiger partial charge in [0.05, 0.1) is 0 Å². The molecule has 0 bridgehead atoms. The van der Waals surface area contributed by atoms with E-state index in [4.69, 9.17) is 0 Å². The van der Waals surface area contributed by atoms with Crippen LogP contribution in [0.3, 0.4) is 0 Å². The Balaban J connectivity index is 1.92. The fourth-order valence-corrected chi connectivity index (χ4v) is 2.56. The fraction of sp³-hybridized carbons (Fsp3) is 0.615. The maximum atomic E-state index is 4.05. The van der Waals surface area contributed by atoms with Gasteiger partial charge in [-0.2, -0.15) is 0 Å². The van der Waals surface area contributed by atoms with Crippen LogP contribution in [0.5, 0.6) is 0 Å². The van der Waals surface area contributed by atoms with E-state index in [1.807, 2.05) is 19.4 Å². The van der Waals surface area contributed by atoms with Crippen LogP contribution in [0.1, 0.15) is 18.9 Å². The van der Waals surface area contributed by atoms with Gasteiger partial charge in [0.25, 0.3) is 0 Å². The predicted octanol–water partition coefficient (Wildman–Crippen LogP) is 1.51. The SMILES string of the molecule is CNCC1CCN(Cc2ccncc2)C1C. The van der Waals surface area contributed by atoms with Crippen LogP contribution in [0.25, 0.3) is 0 Å². The topological polar surface area (TPSA) is 28.2 Å². The van der Waals surface area contributed by atoms with E-state index < -0.39 is 0 Å². The summed E-state index contributed by atoms with van der Waals surface area (Å²) in [6.45, 7) is 5.75. The van der Waals surface area contributed by atoms with Gasteiger partial charge in [-0.3, -0.25) is 9.88 Å². The van der Waals surface area contributed by atoms with Gasteiger partial charge in [0.15, 0.2) is 0 Å². The largest absolute Gasteiger partial charge is 0.319 e. The number of hydrogen-bond donors (Lipinski definition) is 1. The molecule has 1 aromatic rings. The van der Waals surface area contributed by atoms with Crippen LogP contribution in [-0.2, 0) is 6.54 Å². The molecule has 0 amide bonds. The average Bonchev–Trinajstić information content (AvgIpc) is 2.64. The van der Waals surface area contributed by atoms with Crippen molar-refractivity contribution < 1.29 is 0 Å². The van der Waals surface area contributed by atoms with Gasteiger partial charge in [-0.1, -0.05) is 0 Å². The van der Waals surface area contributed by atoms with Crippen molar-refractivity contribution in [1.29, 1.82) is 0 Å². The Kier molecular flexibility index (Phi) is 3.91. The van der Waals surface area contributed by atoms with Crippen LogP contribution < -0.4 is 5.32 Å². The van der Waals surface area contributed by atoms with Crippen LogP contribution in [-0.4, -0.2) is 36.1 Å². The zero-order valence-electron chi connectivity index (χ0n) is 10.2. The lowest BCUT2D eigenvalue weighted by atomic mass is 10.0. The van der Waals surface area contributed by atoms with Gasteiger partial charge in [0.1, 0.15) is 0 Å². The molecule has 0 spiro atoms. The van der Waals surface area contributed by atoms with Crippen molar-refractivity contribution in [2.75, 3.05) is 20.1 Å². The van der Waals surface area contributed by atoms with Gasteiger partial charge in [-0.15, -0.1) is 0 Å². The van der Waals surface area contributed by atoms with E-state index in [2.05, 4.69) is 34.3 Å². The van der Waals surface area contributed by atoms with Crippen molar-refractivity contribution >= 4 is 0 Å². The van der Waals surface area contributed by atoms with Gasteiger partial charge in [-0.05, 0) is 57.1 Å². The molecule has 2 heterocycles. The highest BCUT2D eigenvalue weighted by molar-refractivity contribution is 5.10. The van der Waals surface area contributed by atoms with Crippen LogP contribution in [0, 0.1) is 5.92 Å². The van der Waals surface area contributed by atoms with E-state index in [0.29, 0.717) is 6.04 Å². The standard InChI is InChI=1S/C13H21N3/c1-11-13(9-14-2)5-8-16(11)10-12-3-6-15-7-4-12/h3-4,6-7,11,13-14H,5,8-10H2,1-2H3. The third-order valence-corrected chi connectivity index (χ3v) is 3.65. The van der Waals surface area contributed by atoms with Gasteiger partial charge < -0.3 is 5.32 Å². The molecule has 3 nitrogen and oxygen atoms in total. The summed E-state index contributed by atoms with van der Waals surface area (Å²) >= 11 is 0. The highest BCUT2D eigenvalue weighted by Gasteiger charge is 2.29. The number of likely N-dealkylation sites (tertiary alicyclic amines) is 1. The minimum atomic E-state index is 0.681. The lowest BCUT2D eigenvalue weighted by Crippen LogP contribution is -2.33. The first kappa shape index (κ1) is 11.6. The Morgan fingerprint density at radius 3 is 2.88 bits per heavy atom. The molecule has 1 aromatic heterocycles. The van der Waals surface area contributed by atoms with Crippen LogP contribution in [0.15, 0.2) is 24.5 Å². The summed E-state index contributed by atoms with van der Waals surface area (Å²) in [6.07, 6.45) is 5.06. The van der Waals surface area contributed by atoms with E-state index in [1.165, 1.54) is 18.5 Å². The van der Waals surface area contributed by atoms with Crippen LogP contribution in [0.4, 0.5) is 0 Å². The Bertz CT molecular complexity index is 312. The lowest BCUT2D eigenvalue weighted by Gasteiger charge is -2.24. The second-order valence-electron chi connectivity index (χ2n) is 4.67. The van der Waals surface area contributed by atoms with Gasteiger partial charge in [0, 0.05) is 25.0 Å². The van der Waals surface area contributed by atoms with Crippen molar-refractivity contribution in [3.05, 3.63) is 30.1 Å². The smallest absolute Gasteiger partial charge is 0.0271 e. The van der Waals surface area contributed by atoms with Gasteiger partial charge >= 0.3 is 0 Å². The molecule has 1 N–H and O–H groups in total. The molecule has 1 aliphatic rings. The van der Waals surface area contributed by atoms with Crippen LogP contribution >= 0.6 is 0 Å². The summed E-state index contributed by atoms with van der Waals surface area (Å²) in [5, 5.41) is 3.29. The summed E-state index contributed by atoms with van der Waals surface area (Å²) in [5.41, 5.74) is 1.37. The normalized spacial score (nSPS) is 26.1. The second-order valence-corrected chi connectivity index (χ2v) is 4.67. The summed E-state index contributed by atoms with van der Waals surface area (Å²) in [4.78, 5) is 6.62. The number of nitrogens with zero attached hydrogens (tertiary/aromatic N) is 2. The third-order valence-electron chi connectivity index (χ3n) is 3.65. The van der Waals surface area contributed by atoms with E-state index >= 15 is 0 Å². The highest BCUT2D eigenvalue weighted by atomic mass is 15.2. The maximum Gasteiger partial charge on any atom is 0.0271 e. The maximum absolute atomic E-state index is 4.05. The van der Waals surface area contributed by atoms with Crippen molar-refractivity contribution in [3.8, 4) is 0 Å². The molecule has 0 aromatic carbocycles. The molecular weight excluding hydrogens is 198 g/mol. The predicted molar refractivity (Wildman–Crippen MR) is 66.1 cm³/mol. The molecule has 1 aliphatic heterocycles. The van der Waals surface area contributed by atoms with E-state index in [9.17, 15) is 0 Å². The summed E-state index contributed by atoms with van der Waals surface area (Å²) in [7, 11) is 2.04. The molecule has 2 atom stereocenters. The summed E-state index contributed by atoms with van der Waals surface area (Å²) in [6, 6.07) is 4.90. The highest BCUT2D eigenvalue weighted by Crippen LogP contribution is 2.24. The molecule has 1 saturated heterocycles. The first-order valence-electron chi connectivity index (χ1n) is 6.09. The molecule has 0 radical (unpaired) electrons. The second kappa shape index (κ2) is 5.41. The minimum absolute atomic E-state index is 0.681. The number of hydrogen-bond acceptors (Lipinski definition) is 3. The van der Waals surface area contributed by atoms with E-state index in [-0.39, 0.29) is 0 Å².